The van der Waals surface area contributed by atoms with Gasteiger partial charge in [0, 0.05) is 25.1 Å². The third-order valence-corrected chi connectivity index (χ3v) is 4.06. The number of aryl methyl sites for hydroxylation is 1. The van der Waals surface area contributed by atoms with Gasteiger partial charge in [0.05, 0.1) is 22.2 Å². The van der Waals surface area contributed by atoms with Gasteiger partial charge in [0.25, 0.3) is 0 Å². The summed E-state index contributed by atoms with van der Waals surface area (Å²) in [5.74, 6) is -0.385. The Morgan fingerprint density at radius 3 is 2.50 bits per heavy atom. The quantitative estimate of drug-likeness (QED) is 0.611. The second-order valence-corrected chi connectivity index (χ2v) is 5.70. The van der Waals surface area contributed by atoms with Crippen LogP contribution in [0.2, 0.25) is 0 Å². The Kier molecular flexibility index (Phi) is 4.90. The molecule has 0 saturated heterocycles. The van der Waals surface area contributed by atoms with Crippen LogP contribution in [-0.2, 0) is 23.0 Å². The lowest BCUT2D eigenvalue weighted by atomic mass is 10.1. The van der Waals surface area contributed by atoms with Gasteiger partial charge in [-0.2, -0.15) is 0 Å². The van der Waals surface area contributed by atoms with Crippen molar-refractivity contribution >= 4 is 38.8 Å². The van der Waals surface area contributed by atoms with E-state index in [0.29, 0.717) is 28.8 Å². The van der Waals surface area contributed by atoms with Crippen LogP contribution in [0.1, 0.15) is 36.8 Å². The van der Waals surface area contributed by atoms with Gasteiger partial charge in [-0.15, -0.1) is 0 Å². The number of carbonyl (C=O) groups excluding carboxylic acids is 2. The summed E-state index contributed by atoms with van der Waals surface area (Å²) in [4.78, 5) is 23.5. The molecule has 1 aromatic heterocycles. The van der Waals surface area contributed by atoms with Crippen molar-refractivity contribution in [3.63, 3.8) is 0 Å². The van der Waals surface area contributed by atoms with Crippen molar-refractivity contribution in [3.8, 4) is 5.75 Å². The van der Waals surface area contributed by atoms with Crippen LogP contribution >= 0.6 is 15.9 Å². The van der Waals surface area contributed by atoms with Gasteiger partial charge in [0.15, 0.2) is 0 Å². The Labute approximate surface area is 137 Å². The molecule has 0 amide bonds. The fourth-order valence-electron chi connectivity index (χ4n) is 2.57. The average Bonchev–Trinajstić information content (AvgIpc) is 2.71. The topological polar surface area (TPSA) is 57.5 Å². The molecule has 0 atom stereocenters. The monoisotopic (exact) mass is 367 g/mol. The summed E-state index contributed by atoms with van der Waals surface area (Å²) in [5, 5.41) is 0.720. The van der Waals surface area contributed by atoms with Gasteiger partial charge >= 0.3 is 11.9 Å². The maximum atomic E-state index is 12.3. The molecule has 1 aromatic carbocycles. The minimum atomic E-state index is -0.413. The van der Waals surface area contributed by atoms with Gasteiger partial charge in [0.1, 0.15) is 5.75 Å². The third-order valence-electron chi connectivity index (χ3n) is 3.44. The fourth-order valence-corrected chi connectivity index (χ4v) is 2.98. The first kappa shape index (κ1) is 16.5. The largest absolute Gasteiger partial charge is 0.462 e. The molecule has 2 rings (SSSR count). The molecule has 1 heterocycles. The number of nitrogens with zero attached hydrogens (tertiary/aromatic N) is 1. The summed E-state index contributed by atoms with van der Waals surface area (Å²) in [6.45, 7) is 5.41. The number of fused-ring (bicyclic) bond motifs is 1. The maximum absolute atomic E-state index is 12.3. The molecule has 0 spiro atoms. The fraction of sp³-hybridized carbons (Fsp3) is 0.375. The van der Waals surface area contributed by atoms with Crippen molar-refractivity contribution in [2.75, 3.05) is 6.61 Å². The molecule has 0 aliphatic heterocycles. The van der Waals surface area contributed by atoms with Crippen molar-refractivity contribution in [1.82, 2.24) is 4.57 Å². The minimum absolute atomic E-state index is 0.311. The normalized spacial score (nSPS) is 10.8. The maximum Gasteiger partial charge on any atom is 0.340 e. The number of esters is 2. The molecular weight excluding hydrogens is 350 g/mol. The molecule has 0 aliphatic rings. The summed E-state index contributed by atoms with van der Waals surface area (Å²) in [5.41, 5.74) is 2.30. The highest BCUT2D eigenvalue weighted by molar-refractivity contribution is 9.10. The van der Waals surface area contributed by atoms with E-state index in [1.165, 1.54) is 6.92 Å². The van der Waals surface area contributed by atoms with Crippen molar-refractivity contribution in [1.29, 1.82) is 0 Å². The number of halogens is 1. The van der Waals surface area contributed by atoms with E-state index in [9.17, 15) is 9.59 Å². The van der Waals surface area contributed by atoms with E-state index in [4.69, 9.17) is 9.47 Å². The second kappa shape index (κ2) is 6.52. The highest BCUT2D eigenvalue weighted by Gasteiger charge is 2.23. The summed E-state index contributed by atoms with van der Waals surface area (Å²) in [6.07, 6.45) is 0.694. The summed E-state index contributed by atoms with van der Waals surface area (Å²) in [6, 6.07) is 3.54. The molecule has 0 bridgehead atoms. The van der Waals surface area contributed by atoms with Gasteiger partial charge in [-0.05, 0) is 41.4 Å². The molecule has 5 nitrogen and oxygen atoms in total. The first-order valence-corrected chi connectivity index (χ1v) is 7.86. The van der Waals surface area contributed by atoms with E-state index in [0.717, 1.165) is 16.6 Å². The van der Waals surface area contributed by atoms with Gasteiger partial charge in [0.2, 0.25) is 0 Å². The van der Waals surface area contributed by atoms with E-state index in [1.54, 1.807) is 13.0 Å². The number of aromatic nitrogens is 1. The van der Waals surface area contributed by atoms with E-state index in [1.807, 2.05) is 24.6 Å². The molecule has 6 heteroatoms. The number of hydrogen-bond acceptors (Lipinski definition) is 4. The van der Waals surface area contributed by atoms with Crippen LogP contribution in [0.5, 0.6) is 5.75 Å². The van der Waals surface area contributed by atoms with E-state index in [-0.39, 0.29) is 5.97 Å². The zero-order chi connectivity index (χ0) is 16.4. The van der Waals surface area contributed by atoms with Crippen molar-refractivity contribution in [2.24, 2.45) is 7.05 Å². The number of carbonyl (C=O) groups is 2. The SMILES string of the molecule is CCOC(=O)c1c(CC)n(C)c2cc(Br)c(OC(C)=O)cc12. The van der Waals surface area contributed by atoms with Crippen molar-refractivity contribution in [2.45, 2.75) is 27.2 Å². The summed E-state index contributed by atoms with van der Waals surface area (Å²) >= 11 is 3.40. The van der Waals surface area contributed by atoms with E-state index in [2.05, 4.69) is 15.9 Å². The lowest BCUT2D eigenvalue weighted by Gasteiger charge is -2.06. The molecule has 0 N–H and O–H groups in total. The van der Waals surface area contributed by atoms with Gasteiger partial charge < -0.3 is 14.0 Å². The van der Waals surface area contributed by atoms with Crippen molar-refractivity contribution in [3.05, 3.63) is 27.9 Å². The Morgan fingerprint density at radius 2 is 1.95 bits per heavy atom. The molecule has 0 saturated carbocycles. The number of ether oxygens (including phenoxy) is 2. The Balaban J connectivity index is 2.74. The van der Waals surface area contributed by atoms with Gasteiger partial charge in [-0.3, -0.25) is 4.79 Å². The number of benzene rings is 1. The van der Waals surface area contributed by atoms with Crippen LogP contribution in [0.3, 0.4) is 0 Å². The first-order valence-electron chi connectivity index (χ1n) is 7.07. The minimum Gasteiger partial charge on any atom is -0.462 e. The molecule has 0 radical (unpaired) electrons. The summed E-state index contributed by atoms with van der Waals surface area (Å²) in [7, 11) is 1.90. The molecule has 2 aromatic rings. The first-order chi connectivity index (χ1) is 10.4. The van der Waals surface area contributed by atoms with Crippen LogP contribution in [0.4, 0.5) is 0 Å². The predicted octanol–water partition coefficient (Wildman–Crippen LogP) is 3.61. The zero-order valence-corrected chi connectivity index (χ0v) is 14.6. The lowest BCUT2D eigenvalue weighted by Crippen LogP contribution is -2.08. The molecule has 0 unspecified atom stereocenters. The standard InChI is InChI=1S/C16H18BrNO4/c1-5-12-15(16(20)21-6-2)10-7-14(22-9(3)19)11(17)8-13(10)18(12)4/h7-8H,5-6H2,1-4H3. The van der Waals surface area contributed by atoms with Crippen LogP contribution in [0.25, 0.3) is 10.9 Å². The molecule has 118 valence electrons. The smallest absolute Gasteiger partial charge is 0.340 e. The van der Waals surface area contributed by atoms with E-state index < -0.39 is 5.97 Å². The number of rotatable bonds is 4. The predicted molar refractivity (Wildman–Crippen MR) is 87.3 cm³/mol. The lowest BCUT2D eigenvalue weighted by molar-refractivity contribution is -0.131. The molecule has 22 heavy (non-hydrogen) atoms. The Hall–Kier alpha value is -1.82. The molecule has 0 fully saturated rings. The van der Waals surface area contributed by atoms with Crippen molar-refractivity contribution < 1.29 is 19.1 Å². The summed E-state index contributed by atoms with van der Waals surface area (Å²) < 4.78 is 13.0. The zero-order valence-electron chi connectivity index (χ0n) is 13.0. The van der Waals surface area contributed by atoms with E-state index >= 15 is 0 Å². The Bertz CT molecular complexity index is 748. The van der Waals surface area contributed by atoms with Gasteiger partial charge in [-0.25, -0.2) is 4.79 Å². The van der Waals surface area contributed by atoms with Crippen LogP contribution < -0.4 is 4.74 Å². The number of hydrogen-bond donors (Lipinski definition) is 0. The van der Waals surface area contributed by atoms with Crippen LogP contribution in [0, 0.1) is 0 Å². The molecular formula is C16H18BrNO4. The highest BCUT2D eigenvalue weighted by Crippen LogP contribution is 2.35. The molecule has 0 aliphatic carbocycles. The van der Waals surface area contributed by atoms with Gasteiger partial charge in [-0.1, -0.05) is 6.92 Å². The van der Waals surface area contributed by atoms with Crippen LogP contribution in [0.15, 0.2) is 16.6 Å². The van der Waals surface area contributed by atoms with Crippen LogP contribution in [-0.4, -0.2) is 23.1 Å². The second-order valence-electron chi connectivity index (χ2n) is 4.85. The highest BCUT2D eigenvalue weighted by atomic mass is 79.9. The average molecular weight is 368 g/mol. The third kappa shape index (κ3) is 2.88. The Morgan fingerprint density at radius 1 is 1.27 bits per heavy atom.